The fourth-order valence-electron chi connectivity index (χ4n) is 6.94. The summed E-state index contributed by atoms with van der Waals surface area (Å²) in [6, 6.07) is 30.3. The molecule has 42 heavy (non-hydrogen) atoms. The molecule has 220 valence electrons. The molecule has 2 aliphatic heterocycles. The van der Waals surface area contributed by atoms with Gasteiger partial charge in [0.25, 0.3) is 0 Å². The van der Waals surface area contributed by atoms with Crippen LogP contribution in [0.3, 0.4) is 0 Å². The van der Waals surface area contributed by atoms with Crippen molar-refractivity contribution < 1.29 is 14.4 Å². The van der Waals surface area contributed by atoms with Crippen LogP contribution in [-0.4, -0.2) is 88.7 Å². The van der Waals surface area contributed by atoms with E-state index >= 15 is 0 Å². The number of nitrogens with zero attached hydrogens (tertiary/aromatic N) is 4. The zero-order valence-electron chi connectivity index (χ0n) is 25.3. The van der Waals surface area contributed by atoms with Crippen molar-refractivity contribution in [2.45, 2.75) is 51.4 Å². The maximum absolute atomic E-state index is 14.1. The van der Waals surface area contributed by atoms with E-state index in [9.17, 15) is 14.4 Å². The van der Waals surface area contributed by atoms with Gasteiger partial charge in [-0.3, -0.25) is 14.5 Å². The van der Waals surface area contributed by atoms with E-state index < -0.39 is 11.6 Å². The molecule has 0 saturated carbocycles. The number of amides is 3. The number of hydrogen-bond donors (Lipinski definition) is 0. The first-order chi connectivity index (χ1) is 20.2. The standard InChI is InChI=1S/C35H42N4O3/c1-25(2)32(27(4)40)36(5)34(42)37-21-22-38(26(3)23-37)33(41)31-24-39(31)35(28-15-9-6-10-16-28,29-17-11-7-12-18-29)30-19-13-8-14-20-30/h6-20,25-26,31-32H,21-24H2,1-5H3/t26-,31+,32-,39?/m0/s1. The third-order valence-electron chi connectivity index (χ3n) is 8.85. The molecule has 5 rings (SSSR count). The number of likely N-dealkylation sites (N-methyl/N-ethyl adjacent to an activating group) is 1. The summed E-state index contributed by atoms with van der Waals surface area (Å²) in [4.78, 5) is 47.3. The Morgan fingerprint density at radius 2 is 1.26 bits per heavy atom. The third-order valence-corrected chi connectivity index (χ3v) is 8.85. The third kappa shape index (κ3) is 5.34. The number of carbonyl (C=O) groups is 3. The van der Waals surface area contributed by atoms with Crippen LogP contribution in [0.2, 0.25) is 0 Å². The molecule has 2 saturated heterocycles. The van der Waals surface area contributed by atoms with Gasteiger partial charge in [-0.2, -0.15) is 0 Å². The molecule has 7 nitrogen and oxygen atoms in total. The minimum absolute atomic E-state index is 0.0183. The molecule has 2 heterocycles. The molecule has 0 aromatic heterocycles. The first-order valence-corrected chi connectivity index (χ1v) is 14.9. The molecule has 7 heteroatoms. The molecule has 3 aromatic carbocycles. The lowest BCUT2D eigenvalue weighted by molar-refractivity contribution is -0.135. The molecule has 4 atom stereocenters. The van der Waals surface area contributed by atoms with Gasteiger partial charge in [-0.15, -0.1) is 0 Å². The van der Waals surface area contributed by atoms with Crippen LogP contribution in [0, 0.1) is 5.92 Å². The summed E-state index contributed by atoms with van der Waals surface area (Å²) in [6.45, 7) is 9.44. The number of carbonyl (C=O) groups excluding carboxylic acids is 3. The second-order valence-corrected chi connectivity index (χ2v) is 12.0. The summed E-state index contributed by atoms with van der Waals surface area (Å²) in [6.07, 6.45) is 0. The number of rotatable bonds is 8. The van der Waals surface area contributed by atoms with Crippen LogP contribution in [0.5, 0.6) is 0 Å². The van der Waals surface area contributed by atoms with E-state index in [1.807, 2.05) is 43.9 Å². The highest BCUT2D eigenvalue weighted by Crippen LogP contribution is 2.48. The molecule has 2 aliphatic rings. The Kier molecular flexibility index (Phi) is 8.50. The molecule has 0 bridgehead atoms. The highest BCUT2D eigenvalue weighted by atomic mass is 16.2. The first kappa shape index (κ1) is 29.5. The van der Waals surface area contributed by atoms with Crippen molar-refractivity contribution in [1.29, 1.82) is 0 Å². The van der Waals surface area contributed by atoms with E-state index in [4.69, 9.17) is 0 Å². The van der Waals surface area contributed by atoms with E-state index in [1.54, 1.807) is 16.8 Å². The van der Waals surface area contributed by atoms with Gasteiger partial charge in [0.05, 0.1) is 11.6 Å². The zero-order chi connectivity index (χ0) is 30.0. The van der Waals surface area contributed by atoms with Gasteiger partial charge < -0.3 is 14.7 Å². The van der Waals surface area contributed by atoms with Gasteiger partial charge in [0.2, 0.25) is 5.91 Å². The van der Waals surface area contributed by atoms with Crippen molar-refractivity contribution in [3.05, 3.63) is 108 Å². The molecule has 3 amide bonds. The molecule has 0 aliphatic carbocycles. The fraction of sp³-hybridized carbons (Fsp3) is 0.400. The van der Waals surface area contributed by atoms with Crippen molar-refractivity contribution in [2.75, 3.05) is 33.2 Å². The van der Waals surface area contributed by atoms with E-state index in [0.717, 1.165) is 16.7 Å². The quantitative estimate of drug-likeness (QED) is 0.289. The Labute approximate surface area is 249 Å². The van der Waals surface area contributed by atoms with Crippen molar-refractivity contribution in [3.63, 3.8) is 0 Å². The minimum Gasteiger partial charge on any atom is -0.335 e. The molecule has 1 unspecified atom stereocenters. The maximum Gasteiger partial charge on any atom is 0.320 e. The maximum atomic E-state index is 14.1. The second kappa shape index (κ2) is 12.1. The van der Waals surface area contributed by atoms with Gasteiger partial charge in [-0.05, 0) is 36.5 Å². The van der Waals surface area contributed by atoms with E-state index in [0.29, 0.717) is 26.2 Å². The van der Waals surface area contributed by atoms with Gasteiger partial charge in [-0.1, -0.05) is 105 Å². The summed E-state index contributed by atoms with van der Waals surface area (Å²) in [5.74, 6) is 0.103. The summed E-state index contributed by atoms with van der Waals surface area (Å²) >= 11 is 0. The predicted molar refractivity (Wildman–Crippen MR) is 165 cm³/mol. The second-order valence-electron chi connectivity index (χ2n) is 12.0. The Hall–Kier alpha value is -3.97. The number of ketones is 1. The van der Waals surface area contributed by atoms with Gasteiger partial charge in [-0.25, -0.2) is 4.79 Å². The molecule has 2 fully saturated rings. The molecule has 3 aromatic rings. The topological polar surface area (TPSA) is 63.9 Å². The highest BCUT2D eigenvalue weighted by Gasteiger charge is 2.57. The van der Waals surface area contributed by atoms with E-state index in [2.05, 4.69) is 77.7 Å². The van der Waals surface area contributed by atoms with Crippen molar-refractivity contribution in [1.82, 2.24) is 19.6 Å². The molecule has 0 spiro atoms. The summed E-state index contributed by atoms with van der Waals surface area (Å²) < 4.78 is 0. The Bertz CT molecular complexity index is 1300. The van der Waals surface area contributed by atoms with Crippen LogP contribution in [-0.2, 0) is 15.1 Å². The summed E-state index contributed by atoms with van der Waals surface area (Å²) in [5, 5.41) is 0. The van der Waals surface area contributed by atoms with Gasteiger partial charge in [0.1, 0.15) is 6.04 Å². The summed E-state index contributed by atoms with van der Waals surface area (Å²) in [5.41, 5.74) is 2.74. The monoisotopic (exact) mass is 566 g/mol. The zero-order valence-corrected chi connectivity index (χ0v) is 25.3. The normalized spacial score (nSPS) is 21.1. The largest absolute Gasteiger partial charge is 0.335 e. The highest BCUT2D eigenvalue weighted by molar-refractivity contribution is 5.88. The number of piperazine rings is 1. The Balaban J connectivity index is 1.39. The minimum atomic E-state index is -0.619. The summed E-state index contributed by atoms with van der Waals surface area (Å²) in [7, 11) is 1.70. The van der Waals surface area contributed by atoms with E-state index in [1.165, 1.54) is 6.92 Å². The number of urea groups is 1. The van der Waals surface area contributed by atoms with Gasteiger partial charge >= 0.3 is 6.03 Å². The SMILES string of the molecule is CC(=O)[C@H](C(C)C)N(C)C(=O)N1CCN(C(=O)[C@H]2CN2C(c2ccccc2)(c2ccccc2)c2ccccc2)[C@@H](C)C1. The molecule has 0 radical (unpaired) electrons. The lowest BCUT2D eigenvalue weighted by Gasteiger charge is -2.43. The van der Waals surface area contributed by atoms with E-state index in [-0.39, 0.29) is 35.7 Å². The number of benzene rings is 3. The van der Waals surface area contributed by atoms with Crippen LogP contribution < -0.4 is 0 Å². The molecular weight excluding hydrogens is 524 g/mol. The number of hydrogen-bond acceptors (Lipinski definition) is 4. The number of Topliss-reactive ketones (excluding diaryl/α,β-unsaturated/α-hetero) is 1. The predicted octanol–water partition coefficient (Wildman–Crippen LogP) is 4.86. The van der Waals surface area contributed by atoms with Crippen LogP contribution in [0.4, 0.5) is 4.79 Å². The Morgan fingerprint density at radius 1 is 0.786 bits per heavy atom. The average Bonchev–Trinajstić information content (AvgIpc) is 3.79. The lowest BCUT2D eigenvalue weighted by Crippen LogP contribution is -2.60. The van der Waals surface area contributed by atoms with Crippen molar-refractivity contribution in [2.24, 2.45) is 5.92 Å². The van der Waals surface area contributed by atoms with Crippen molar-refractivity contribution >= 4 is 17.7 Å². The van der Waals surface area contributed by atoms with Crippen LogP contribution in [0.25, 0.3) is 0 Å². The average molecular weight is 567 g/mol. The fourth-order valence-corrected chi connectivity index (χ4v) is 6.94. The van der Waals surface area contributed by atoms with Gasteiger partial charge in [0.15, 0.2) is 5.78 Å². The van der Waals surface area contributed by atoms with Crippen LogP contribution in [0.15, 0.2) is 91.0 Å². The molecule has 0 N–H and O–H groups in total. The Morgan fingerprint density at radius 3 is 1.67 bits per heavy atom. The van der Waals surface area contributed by atoms with Crippen LogP contribution in [0.1, 0.15) is 44.4 Å². The van der Waals surface area contributed by atoms with Crippen molar-refractivity contribution in [3.8, 4) is 0 Å². The molecular formula is C35H42N4O3. The van der Waals surface area contributed by atoms with Gasteiger partial charge in [0, 0.05) is 39.3 Å². The smallest absolute Gasteiger partial charge is 0.320 e. The lowest BCUT2D eigenvalue weighted by atomic mass is 9.76. The van der Waals surface area contributed by atoms with Crippen LogP contribution >= 0.6 is 0 Å². The first-order valence-electron chi connectivity index (χ1n) is 14.9.